The molecule has 2 saturated heterocycles. The van der Waals surface area contributed by atoms with Gasteiger partial charge in [0.05, 0.1) is 31.0 Å². The van der Waals surface area contributed by atoms with Gasteiger partial charge >= 0.3 is 0 Å². The quantitative estimate of drug-likeness (QED) is 0.368. The van der Waals surface area contributed by atoms with E-state index in [4.69, 9.17) is 18.3 Å². The molecule has 2 rings (SSSR count). The van der Waals surface area contributed by atoms with Crippen LogP contribution in [-0.2, 0) is 18.3 Å². The molecule has 35 heavy (non-hydrogen) atoms. The van der Waals surface area contributed by atoms with Crippen LogP contribution in [0.5, 0.6) is 0 Å². The number of hydrogen-bond acceptors (Lipinski definition) is 5. The molecule has 2 heterocycles. The van der Waals surface area contributed by atoms with Gasteiger partial charge in [-0.2, -0.15) is 0 Å². The Morgan fingerprint density at radius 3 is 1.77 bits per heavy atom. The summed E-state index contributed by atoms with van der Waals surface area (Å²) in [6.45, 7) is 34.1. The number of aliphatic hydroxyl groups excluding tert-OH is 1. The van der Waals surface area contributed by atoms with Crippen molar-refractivity contribution in [3.63, 3.8) is 0 Å². The van der Waals surface area contributed by atoms with Gasteiger partial charge in [-0.15, -0.1) is 0 Å². The Morgan fingerprint density at radius 2 is 1.34 bits per heavy atom. The van der Waals surface area contributed by atoms with Crippen molar-refractivity contribution in [2.45, 2.75) is 149 Å². The molecule has 0 radical (unpaired) electrons. The van der Waals surface area contributed by atoms with E-state index >= 15 is 0 Å². The molecule has 0 unspecified atom stereocenters. The fourth-order valence-corrected chi connectivity index (χ4v) is 8.06. The van der Waals surface area contributed by atoms with E-state index in [0.29, 0.717) is 12.3 Å². The Bertz CT molecular complexity index is 711. The minimum Gasteiger partial charge on any atom is -0.413 e. The number of aliphatic hydroxyl groups is 1. The molecule has 2 fully saturated rings. The largest absolute Gasteiger partial charge is 0.413 e. The minimum absolute atomic E-state index is 0.0160. The molecule has 1 N–H and O–H groups in total. The lowest BCUT2D eigenvalue weighted by Gasteiger charge is -2.59. The molecule has 2 aliphatic rings. The number of hydrogen-bond donors (Lipinski definition) is 1. The molecule has 0 aromatic heterocycles. The van der Waals surface area contributed by atoms with Crippen molar-refractivity contribution < 1.29 is 23.4 Å². The molecule has 0 bridgehead atoms. The van der Waals surface area contributed by atoms with Crippen molar-refractivity contribution in [1.82, 2.24) is 0 Å². The van der Waals surface area contributed by atoms with Gasteiger partial charge in [0, 0.05) is 24.2 Å². The van der Waals surface area contributed by atoms with Crippen molar-refractivity contribution in [2.75, 3.05) is 6.61 Å². The lowest BCUT2D eigenvalue weighted by Crippen LogP contribution is -2.67. The monoisotopic (exact) mass is 530 g/mol. The van der Waals surface area contributed by atoms with Gasteiger partial charge in [0.25, 0.3) is 0 Å². The second kappa shape index (κ2) is 10.4. The molecule has 0 amide bonds. The van der Waals surface area contributed by atoms with Crippen LogP contribution in [0.4, 0.5) is 0 Å². The highest BCUT2D eigenvalue weighted by atomic mass is 28.4. The standard InChI is InChI=1S/C28H58O5Si2/c1-18(2)24-19(3)22(32-34(12,13)26(6,7)8)16-28(31-24)21(5)25(20(4)23(17-29)30-28)33-35(14,15)27(9,10)11/h18-25,29H,16-17H2,1-15H3/t19-,20+,21-,22-,23+,24-,25+,28-/m0/s1. The Morgan fingerprint density at radius 1 is 0.857 bits per heavy atom. The first-order valence-corrected chi connectivity index (χ1v) is 19.7. The van der Waals surface area contributed by atoms with E-state index in [2.05, 4.69) is 102 Å². The second-order valence-corrected chi connectivity index (χ2v) is 24.5. The highest BCUT2D eigenvalue weighted by molar-refractivity contribution is 6.74. The highest BCUT2D eigenvalue weighted by Crippen LogP contribution is 2.52. The molecule has 0 aromatic carbocycles. The minimum atomic E-state index is -2.05. The van der Waals surface area contributed by atoms with Gasteiger partial charge in [-0.1, -0.05) is 76.2 Å². The zero-order valence-electron chi connectivity index (χ0n) is 25.6. The lowest BCUT2D eigenvalue weighted by atomic mass is 9.74. The van der Waals surface area contributed by atoms with Crippen molar-refractivity contribution in [1.29, 1.82) is 0 Å². The van der Waals surface area contributed by atoms with Crippen LogP contribution >= 0.6 is 0 Å². The second-order valence-electron chi connectivity index (χ2n) is 14.9. The van der Waals surface area contributed by atoms with Gasteiger partial charge in [-0.25, -0.2) is 0 Å². The predicted octanol–water partition coefficient (Wildman–Crippen LogP) is 7.21. The Labute approximate surface area is 219 Å². The van der Waals surface area contributed by atoms with Crippen LogP contribution in [0.3, 0.4) is 0 Å². The number of rotatable bonds is 6. The molecule has 7 heteroatoms. The molecular formula is C28H58O5Si2. The molecule has 1 spiro atoms. The summed E-state index contributed by atoms with van der Waals surface area (Å²) in [6.07, 6.45) is 0.362. The first kappa shape index (κ1) is 31.5. The summed E-state index contributed by atoms with van der Waals surface area (Å²) in [7, 11) is -4.05. The van der Waals surface area contributed by atoms with Crippen LogP contribution in [-0.4, -0.2) is 58.6 Å². The van der Waals surface area contributed by atoms with Crippen LogP contribution in [0.2, 0.25) is 36.3 Å². The molecule has 2 aliphatic heterocycles. The molecule has 0 saturated carbocycles. The van der Waals surface area contributed by atoms with Crippen LogP contribution in [0.15, 0.2) is 0 Å². The van der Waals surface area contributed by atoms with Gasteiger partial charge in [0.15, 0.2) is 22.4 Å². The van der Waals surface area contributed by atoms with E-state index in [-0.39, 0.29) is 58.9 Å². The molecule has 208 valence electrons. The van der Waals surface area contributed by atoms with Crippen molar-refractivity contribution in [2.24, 2.45) is 23.7 Å². The third-order valence-electron chi connectivity index (χ3n) is 9.89. The summed E-state index contributed by atoms with van der Waals surface area (Å²) in [4.78, 5) is 0. The van der Waals surface area contributed by atoms with E-state index in [1.165, 1.54) is 0 Å². The Hall–Kier alpha value is 0.234. The SMILES string of the molecule is CC(C)[C@@H]1O[C@]2(C[C@H](O[Si](C)(C)C(C)(C)C)[C@@H]1C)O[C@H](CO)[C@@H](C)[C@@H](O[Si](C)(C)C(C)(C)C)[C@@H]2C. The zero-order chi connectivity index (χ0) is 27.4. The summed E-state index contributed by atoms with van der Waals surface area (Å²) in [6, 6.07) is 0. The summed E-state index contributed by atoms with van der Waals surface area (Å²) < 4.78 is 27.9. The molecule has 0 aliphatic carbocycles. The average molecular weight is 531 g/mol. The molecular weight excluding hydrogens is 472 g/mol. The third-order valence-corrected chi connectivity index (χ3v) is 18.9. The smallest absolute Gasteiger partial charge is 0.192 e. The maximum absolute atomic E-state index is 10.4. The summed E-state index contributed by atoms with van der Waals surface area (Å²) >= 11 is 0. The first-order chi connectivity index (χ1) is 15.6. The summed E-state index contributed by atoms with van der Waals surface area (Å²) in [5, 5.41) is 10.6. The zero-order valence-corrected chi connectivity index (χ0v) is 27.6. The van der Waals surface area contributed by atoms with E-state index < -0.39 is 22.4 Å². The van der Waals surface area contributed by atoms with Gasteiger partial charge in [0.1, 0.15) is 0 Å². The van der Waals surface area contributed by atoms with E-state index in [1.807, 2.05) is 0 Å². The Balaban J connectivity index is 2.52. The predicted molar refractivity (Wildman–Crippen MR) is 151 cm³/mol. The first-order valence-electron chi connectivity index (χ1n) is 13.9. The number of ether oxygens (including phenoxy) is 2. The third kappa shape index (κ3) is 6.28. The van der Waals surface area contributed by atoms with E-state index in [9.17, 15) is 5.11 Å². The van der Waals surface area contributed by atoms with Crippen molar-refractivity contribution >= 4 is 16.6 Å². The van der Waals surface area contributed by atoms with Crippen LogP contribution in [0, 0.1) is 23.7 Å². The van der Waals surface area contributed by atoms with Gasteiger partial charge in [-0.05, 0) is 42.2 Å². The molecule has 0 aromatic rings. The maximum atomic E-state index is 10.4. The van der Waals surface area contributed by atoms with Crippen LogP contribution in [0.25, 0.3) is 0 Å². The molecule has 8 atom stereocenters. The van der Waals surface area contributed by atoms with Gasteiger partial charge in [0.2, 0.25) is 0 Å². The van der Waals surface area contributed by atoms with E-state index in [0.717, 1.165) is 0 Å². The van der Waals surface area contributed by atoms with Gasteiger partial charge in [-0.3, -0.25) is 0 Å². The van der Waals surface area contributed by atoms with Gasteiger partial charge < -0.3 is 23.4 Å². The normalized spacial score (nSPS) is 37.8. The lowest BCUT2D eigenvalue weighted by molar-refractivity contribution is -0.384. The Kier molecular flexibility index (Phi) is 9.36. The molecule has 5 nitrogen and oxygen atoms in total. The van der Waals surface area contributed by atoms with Crippen LogP contribution < -0.4 is 0 Å². The van der Waals surface area contributed by atoms with Crippen molar-refractivity contribution in [3.05, 3.63) is 0 Å². The highest BCUT2D eigenvalue weighted by Gasteiger charge is 2.60. The fourth-order valence-electron chi connectivity index (χ4n) is 5.20. The van der Waals surface area contributed by atoms with E-state index in [1.54, 1.807) is 0 Å². The summed E-state index contributed by atoms with van der Waals surface area (Å²) in [5.74, 6) is -0.141. The van der Waals surface area contributed by atoms with Crippen LogP contribution in [0.1, 0.15) is 82.6 Å². The average Bonchev–Trinajstić information content (AvgIpc) is 2.68. The fraction of sp³-hybridized carbons (Fsp3) is 1.00. The maximum Gasteiger partial charge on any atom is 0.192 e. The summed E-state index contributed by atoms with van der Waals surface area (Å²) in [5.41, 5.74) is 0. The van der Waals surface area contributed by atoms with Crippen molar-refractivity contribution in [3.8, 4) is 0 Å². The topological polar surface area (TPSA) is 57.2 Å².